The number of aromatic nitrogens is 2. The van der Waals surface area contributed by atoms with E-state index in [1.54, 1.807) is 37.2 Å². The van der Waals surface area contributed by atoms with Crippen LogP contribution in [0.2, 0.25) is 5.02 Å². The number of hydrogen-bond acceptors (Lipinski definition) is 6. The van der Waals surface area contributed by atoms with Gasteiger partial charge in [0.05, 0.1) is 12.5 Å². The first kappa shape index (κ1) is 21.3. The largest absolute Gasteiger partial charge is 0.459 e. The fourth-order valence-corrected chi connectivity index (χ4v) is 4.21. The van der Waals surface area contributed by atoms with Crippen molar-refractivity contribution in [2.45, 2.75) is 13.3 Å². The van der Waals surface area contributed by atoms with Gasteiger partial charge in [0.15, 0.2) is 11.5 Å². The number of rotatable bonds is 6. The molecule has 4 heterocycles. The maximum absolute atomic E-state index is 6.62. The molecule has 0 amide bonds. The summed E-state index contributed by atoms with van der Waals surface area (Å²) in [6.45, 7) is 2.06. The van der Waals surface area contributed by atoms with E-state index in [4.69, 9.17) is 29.3 Å². The van der Waals surface area contributed by atoms with E-state index in [0.717, 1.165) is 33.5 Å². The van der Waals surface area contributed by atoms with Gasteiger partial charge in [0.1, 0.15) is 23.9 Å². The van der Waals surface area contributed by atoms with Crippen molar-refractivity contribution in [3.05, 3.63) is 107 Å². The Bertz CT molecular complexity index is 1590. The molecule has 4 aromatic heterocycles. The highest BCUT2D eigenvalue weighted by molar-refractivity contribution is 6.31. The minimum Gasteiger partial charge on any atom is -0.459 e. The summed E-state index contributed by atoms with van der Waals surface area (Å²) in [7, 11) is 0. The average Bonchev–Trinajstić information content (AvgIpc) is 3.67. The molecule has 0 atom stereocenters. The molecule has 6 nitrogen and oxygen atoms in total. The van der Waals surface area contributed by atoms with Crippen molar-refractivity contribution in [3.63, 3.8) is 0 Å². The molecular weight excluding hydrogens is 464 g/mol. The van der Waals surface area contributed by atoms with E-state index in [1.807, 2.05) is 30.3 Å². The number of hydrogen-bond donors (Lipinski definition) is 0. The quantitative estimate of drug-likeness (QED) is 0.239. The maximum atomic E-state index is 6.62. The first-order chi connectivity index (χ1) is 17.1. The zero-order chi connectivity index (χ0) is 23.8. The Kier molecular flexibility index (Phi) is 5.35. The first-order valence-electron chi connectivity index (χ1n) is 11.0. The molecule has 0 saturated heterocycles. The van der Waals surface area contributed by atoms with Gasteiger partial charge in [-0.3, -0.25) is 0 Å². The van der Waals surface area contributed by atoms with Crippen LogP contribution < -0.4 is 0 Å². The van der Waals surface area contributed by atoms with Crippen LogP contribution in [0, 0.1) is 6.92 Å². The van der Waals surface area contributed by atoms with Gasteiger partial charge in [-0.05, 0) is 60.9 Å². The zero-order valence-electron chi connectivity index (χ0n) is 18.7. The van der Waals surface area contributed by atoms with Crippen LogP contribution in [0.25, 0.3) is 45.8 Å². The lowest BCUT2D eigenvalue weighted by Gasteiger charge is -2.11. The van der Waals surface area contributed by atoms with Gasteiger partial charge in [0.2, 0.25) is 0 Å². The minimum atomic E-state index is 0.431. The van der Waals surface area contributed by atoms with Crippen LogP contribution in [0.5, 0.6) is 0 Å². The molecule has 0 bridgehead atoms. The molecule has 2 aromatic carbocycles. The predicted molar refractivity (Wildman–Crippen MR) is 132 cm³/mol. The molecule has 0 aliphatic carbocycles. The van der Waals surface area contributed by atoms with E-state index in [-0.39, 0.29) is 0 Å². The lowest BCUT2D eigenvalue weighted by atomic mass is 9.95. The number of halogens is 1. The predicted octanol–water partition coefficient (Wildman–Crippen LogP) is 8.07. The highest BCUT2D eigenvalue weighted by Gasteiger charge is 2.16. The summed E-state index contributed by atoms with van der Waals surface area (Å²) in [4.78, 5) is 9.22. The third kappa shape index (κ3) is 4.20. The number of oxazole rings is 2. The van der Waals surface area contributed by atoms with Crippen molar-refractivity contribution >= 4 is 11.6 Å². The Balaban J connectivity index is 1.34. The Morgan fingerprint density at radius 1 is 0.714 bits per heavy atom. The summed E-state index contributed by atoms with van der Waals surface area (Å²) < 4.78 is 22.1. The van der Waals surface area contributed by atoms with Crippen molar-refractivity contribution in [2.24, 2.45) is 0 Å². The van der Waals surface area contributed by atoms with Gasteiger partial charge in [0.25, 0.3) is 11.8 Å². The highest BCUT2D eigenvalue weighted by Crippen LogP contribution is 2.33. The van der Waals surface area contributed by atoms with Gasteiger partial charge < -0.3 is 17.7 Å². The second-order valence-corrected chi connectivity index (χ2v) is 8.58. The third-order valence-corrected chi connectivity index (χ3v) is 6.10. The van der Waals surface area contributed by atoms with Gasteiger partial charge in [-0.1, -0.05) is 41.4 Å². The standard InChI is InChI=1S/C28H19ClN2O4/c1-17-6-8-21(24-16-35-28(31-24)26-5-3-11-33-26)19(12-17)14-20-13-18(7-9-22(20)29)23-15-34-27(30-23)25-4-2-10-32-25/h2-13,15-16H,14H2,1H3. The highest BCUT2D eigenvalue weighted by atomic mass is 35.5. The fraction of sp³-hybridized carbons (Fsp3) is 0.0714. The van der Waals surface area contributed by atoms with E-state index in [0.29, 0.717) is 40.4 Å². The van der Waals surface area contributed by atoms with Crippen LogP contribution in [0.4, 0.5) is 0 Å². The van der Waals surface area contributed by atoms with Crippen molar-refractivity contribution in [2.75, 3.05) is 0 Å². The lowest BCUT2D eigenvalue weighted by molar-refractivity contribution is 0.517. The molecule has 6 aromatic rings. The molecule has 0 N–H and O–H groups in total. The topological polar surface area (TPSA) is 78.3 Å². The molecule has 6 rings (SSSR count). The molecule has 0 unspecified atom stereocenters. The zero-order valence-corrected chi connectivity index (χ0v) is 19.5. The van der Waals surface area contributed by atoms with Crippen molar-refractivity contribution in [3.8, 4) is 45.8 Å². The first-order valence-corrected chi connectivity index (χ1v) is 11.4. The van der Waals surface area contributed by atoms with E-state index in [9.17, 15) is 0 Å². The van der Waals surface area contributed by atoms with Crippen LogP contribution >= 0.6 is 11.6 Å². The third-order valence-electron chi connectivity index (χ3n) is 5.73. The number of benzene rings is 2. The van der Waals surface area contributed by atoms with Crippen LogP contribution in [0.15, 0.2) is 103 Å². The van der Waals surface area contributed by atoms with Crippen molar-refractivity contribution in [1.82, 2.24) is 9.97 Å². The number of nitrogens with zero attached hydrogens (tertiary/aromatic N) is 2. The van der Waals surface area contributed by atoms with E-state index in [1.165, 1.54) is 0 Å². The molecule has 0 aliphatic heterocycles. The van der Waals surface area contributed by atoms with Crippen molar-refractivity contribution in [1.29, 1.82) is 0 Å². The summed E-state index contributed by atoms with van der Waals surface area (Å²) in [6, 6.07) is 19.3. The number of furan rings is 2. The summed E-state index contributed by atoms with van der Waals surface area (Å²) in [5.74, 6) is 2.04. The molecular formula is C28H19ClN2O4. The SMILES string of the molecule is Cc1ccc(-c2coc(-c3ccco3)n2)c(Cc2cc(-c3coc(-c4ccco4)n3)ccc2Cl)c1. The second-order valence-electron chi connectivity index (χ2n) is 8.17. The van der Waals surface area contributed by atoms with Gasteiger partial charge in [-0.25, -0.2) is 9.97 Å². The Hall–Kier alpha value is -4.29. The molecule has 172 valence electrons. The fourth-order valence-electron chi connectivity index (χ4n) is 4.02. The van der Waals surface area contributed by atoms with Crippen LogP contribution in [-0.2, 0) is 6.42 Å². The summed E-state index contributed by atoms with van der Waals surface area (Å²) in [5, 5.41) is 0.674. The number of aryl methyl sites for hydroxylation is 1. The second kappa shape index (κ2) is 8.81. The maximum Gasteiger partial charge on any atom is 0.263 e. The summed E-state index contributed by atoms with van der Waals surface area (Å²) in [6.07, 6.45) is 7.06. The van der Waals surface area contributed by atoms with Gasteiger partial charge in [-0.15, -0.1) is 0 Å². The average molecular weight is 483 g/mol. The molecule has 7 heteroatoms. The van der Waals surface area contributed by atoms with Crippen molar-refractivity contribution < 1.29 is 17.7 Å². The normalized spacial score (nSPS) is 11.3. The molecule has 35 heavy (non-hydrogen) atoms. The van der Waals surface area contributed by atoms with Gasteiger partial charge in [-0.2, -0.15) is 0 Å². The van der Waals surface area contributed by atoms with Crippen LogP contribution in [0.3, 0.4) is 0 Å². The van der Waals surface area contributed by atoms with Gasteiger partial charge in [0, 0.05) is 16.1 Å². The molecule has 0 radical (unpaired) electrons. The monoisotopic (exact) mass is 482 g/mol. The van der Waals surface area contributed by atoms with E-state index in [2.05, 4.69) is 35.1 Å². The van der Waals surface area contributed by atoms with Crippen LogP contribution in [-0.4, -0.2) is 9.97 Å². The Labute approximate surface area is 205 Å². The molecule has 0 spiro atoms. The van der Waals surface area contributed by atoms with E-state index < -0.39 is 0 Å². The van der Waals surface area contributed by atoms with Crippen LogP contribution in [0.1, 0.15) is 16.7 Å². The lowest BCUT2D eigenvalue weighted by Crippen LogP contribution is -1.96. The molecule has 0 saturated carbocycles. The molecule has 0 fully saturated rings. The van der Waals surface area contributed by atoms with E-state index >= 15 is 0 Å². The smallest absolute Gasteiger partial charge is 0.263 e. The summed E-state index contributed by atoms with van der Waals surface area (Å²) in [5.41, 5.74) is 6.51. The Morgan fingerprint density at radius 3 is 2.09 bits per heavy atom. The summed E-state index contributed by atoms with van der Waals surface area (Å²) >= 11 is 6.62. The van der Waals surface area contributed by atoms with Gasteiger partial charge >= 0.3 is 0 Å². The molecule has 0 aliphatic rings. The minimum absolute atomic E-state index is 0.431. The Morgan fingerprint density at radius 2 is 1.40 bits per heavy atom.